The van der Waals surface area contributed by atoms with Gasteiger partial charge in [0.05, 0.1) is 13.2 Å². The van der Waals surface area contributed by atoms with Gasteiger partial charge in [-0.2, -0.15) is 0 Å². The Morgan fingerprint density at radius 3 is 2.57 bits per heavy atom. The smallest absolute Gasteiger partial charge is 0.0621 e. The van der Waals surface area contributed by atoms with Gasteiger partial charge < -0.3 is 15.4 Å². The van der Waals surface area contributed by atoms with Crippen LogP contribution in [0.5, 0.6) is 0 Å². The highest BCUT2D eigenvalue weighted by Gasteiger charge is 2.27. The van der Waals surface area contributed by atoms with Crippen molar-refractivity contribution in [2.75, 3.05) is 26.3 Å². The van der Waals surface area contributed by atoms with Crippen LogP contribution < -0.4 is 5.73 Å². The zero-order valence-electron chi connectivity index (χ0n) is 9.70. The van der Waals surface area contributed by atoms with Crippen molar-refractivity contribution in [2.24, 2.45) is 11.7 Å². The molecule has 1 heterocycles. The second-order valence-corrected chi connectivity index (χ2v) is 4.55. The van der Waals surface area contributed by atoms with Gasteiger partial charge in [0, 0.05) is 24.5 Å². The van der Waals surface area contributed by atoms with Crippen molar-refractivity contribution in [3.63, 3.8) is 0 Å². The quantitative estimate of drug-likeness (QED) is 0.722. The van der Waals surface area contributed by atoms with Gasteiger partial charge in [0.2, 0.25) is 0 Å². The van der Waals surface area contributed by atoms with E-state index in [-0.39, 0.29) is 6.04 Å². The van der Waals surface area contributed by atoms with E-state index in [1.807, 2.05) is 0 Å². The first kappa shape index (κ1) is 12.0. The topological polar surface area (TPSA) is 38.5 Å². The highest BCUT2D eigenvalue weighted by atomic mass is 16.5. The molecule has 1 aliphatic heterocycles. The lowest BCUT2D eigenvalue weighted by atomic mass is 10.0. The molecule has 1 fully saturated rings. The van der Waals surface area contributed by atoms with E-state index in [9.17, 15) is 0 Å². The van der Waals surface area contributed by atoms with E-state index in [4.69, 9.17) is 10.5 Å². The molecule has 0 spiro atoms. The average molecular weight is 200 g/mol. The maximum Gasteiger partial charge on any atom is 0.0621 e. The van der Waals surface area contributed by atoms with Crippen LogP contribution in [0, 0.1) is 5.92 Å². The zero-order chi connectivity index (χ0) is 10.6. The molecule has 0 aromatic heterocycles. The Morgan fingerprint density at radius 1 is 1.43 bits per heavy atom. The first-order valence-electron chi connectivity index (χ1n) is 5.72. The van der Waals surface area contributed by atoms with Crippen LogP contribution in [0.4, 0.5) is 0 Å². The molecule has 14 heavy (non-hydrogen) atoms. The number of hydrogen-bond donors (Lipinski definition) is 1. The zero-order valence-corrected chi connectivity index (χ0v) is 9.70. The lowest BCUT2D eigenvalue weighted by molar-refractivity contribution is 0.152. The van der Waals surface area contributed by atoms with Crippen molar-refractivity contribution in [3.8, 4) is 0 Å². The van der Waals surface area contributed by atoms with Gasteiger partial charge in [-0.25, -0.2) is 0 Å². The van der Waals surface area contributed by atoms with Crippen molar-refractivity contribution in [1.29, 1.82) is 0 Å². The lowest BCUT2D eigenvalue weighted by Crippen LogP contribution is -2.41. The molecule has 2 unspecified atom stereocenters. The second-order valence-electron chi connectivity index (χ2n) is 4.55. The van der Waals surface area contributed by atoms with Gasteiger partial charge in [-0.1, -0.05) is 6.92 Å². The van der Waals surface area contributed by atoms with Crippen molar-refractivity contribution in [3.05, 3.63) is 0 Å². The first-order valence-corrected chi connectivity index (χ1v) is 5.72. The minimum absolute atomic E-state index is 0.244. The third-order valence-corrected chi connectivity index (χ3v) is 2.96. The van der Waals surface area contributed by atoms with Crippen molar-refractivity contribution < 1.29 is 4.74 Å². The second kappa shape index (κ2) is 5.69. The molecule has 2 N–H and O–H groups in total. The molecule has 0 amide bonds. The van der Waals surface area contributed by atoms with E-state index in [1.54, 1.807) is 0 Å². The molecule has 0 aromatic rings. The van der Waals surface area contributed by atoms with E-state index in [2.05, 4.69) is 25.7 Å². The third kappa shape index (κ3) is 3.23. The summed E-state index contributed by atoms with van der Waals surface area (Å²) in [7, 11) is 0. The molecule has 0 radical (unpaired) electrons. The summed E-state index contributed by atoms with van der Waals surface area (Å²) < 4.78 is 5.38. The van der Waals surface area contributed by atoms with Crippen LogP contribution in [0.3, 0.4) is 0 Å². The molecule has 1 rings (SSSR count). The molecule has 0 aliphatic carbocycles. The van der Waals surface area contributed by atoms with Gasteiger partial charge >= 0.3 is 0 Å². The number of ether oxygens (including phenoxy) is 1. The molecule has 1 saturated heterocycles. The summed E-state index contributed by atoms with van der Waals surface area (Å²) in [6, 6.07) is 0.857. The maximum absolute atomic E-state index is 5.97. The fourth-order valence-corrected chi connectivity index (χ4v) is 1.95. The van der Waals surface area contributed by atoms with E-state index < -0.39 is 0 Å². The molecule has 0 saturated carbocycles. The summed E-state index contributed by atoms with van der Waals surface area (Å²) in [5.74, 6) is 0.531. The van der Waals surface area contributed by atoms with Crippen LogP contribution in [0.15, 0.2) is 0 Å². The molecule has 2 atom stereocenters. The molecule has 0 bridgehead atoms. The molecule has 1 aliphatic rings. The monoisotopic (exact) mass is 200 g/mol. The number of nitrogens with two attached hydrogens (primary N) is 1. The summed E-state index contributed by atoms with van der Waals surface area (Å²) >= 11 is 0. The van der Waals surface area contributed by atoms with Crippen LogP contribution in [0.25, 0.3) is 0 Å². The van der Waals surface area contributed by atoms with Crippen LogP contribution in [0.1, 0.15) is 27.2 Å². The number of nitrogens with zero attached hydrogens (tertiary/aromatic N) is 1. The van der Waals surface area contributed by atoms with Gasteiger partial charge in [0.1, 0.15) is 0 Å². The minimum Gasteiger partial charge on any atom is -0.379 e. The van der Waals surface area contributed by atoms with Crippen molar-refractivity contribution >= 4 is 0 Å². The highest BCUT2D eigenvalue weighted by Crippen LogP contribution is 2.15. The molecule has 0 aromatic carbocycles. The van der Waals surface area contributed by atoms with E-state index >= 15 is 0 Å². The summed E-state index contributed by atoms with van der Waals surface area (Å²) in [6.07, 6.45) is 1.21. The molecular weight excluding hydrogens is 176 g/mol. The Hall–Kier alpha value is -0.120. The molecular formula is C11H24N2O. The van der Waals surface area contributed by atoms with Gasteiger partial charge in [0.15, 0.2) is 0 Å². The van der Waals surface area contributed by atoms with Crippen molar-refractivity contribution in [1.82, 2.24) is 4.90 Å². The summed E-state index contributed by atoms with van der Waals surface area (Å²) in [6.45, 7) is 10.6. The fourth-order valence-electron chi connectivity index (χ4n) is 1.95. The van der Waals surface area contributed by atoms with E-state index in [1.165, 1.54) is 13.0 Å². The van der Waals surface area contributed by atoms with Gasteiger partial charge in [-0.3, -0.25) is 0 Å². The number of rotatable bonds is 5. The van der Waals surface area contributed by atoms with Crippen LogP contribution in [0.2, 0.25) is 0 Å². The summed E-state index contributed by atoms with van der Waals surface area (Å²) in [5.41, 5.74) is 5.97. The first-order chi connectivity index (χ1) is 6.65. The predicted molar refractivity (Wildman–Crippen MR) is 59.3 cm³/mol. The third-order valence-electron chi connectivity index (χ3n) is 2.96. The molecule has 3 nitrogen and oxygen atoms in total. The van der Waals surface area contributed by atoms with E-state index in [0.717, 1.165) is 19.8 Å². The van der Waals surface area contributed by atoms with Crippen LogP contribution in [-0.2, 0) is 4.74 Å². The Kier molecular flexibility index (Phi) is 4.85. The highest BCUT2D eigenvalue weighted by molar-refractivity contribution is 4.81. The largest absolute Gasteiger partial charge is 0.379 e. The lowest BCUT2D eigenvalue weighted by Gasteiger charge is -2.29. The van der Waals surface area contributed by atoms with Gasteiger partial charge in [-0.05, 0) is 26.8 Å². The van der Waals surface area contributed by atoms with E-state index in [0.29, 0.717) is 12.0 Å². The van der Waals surface area contributed by atoms with Crippen LogP contribution >= 0.6 is 0 Å². The maximum atomic E-state index is 5.97. The summed E-state index contributed by atoms with van der Waals surface area (Å²) in [5, 5.41) is 0. The van der Waals surface area contributed by atoms with Crippen LogP contribution in [-0.4, -0.2) is 43.3 Å². The SMILES string of the molecule is CCCN(CC1COCC1N)C(C)C. The predicted octanol–water partition coefficient (Wildman–Crippen LogP) is 1.08. The standard InChI is InChI=1S/C11H24N2O/c1-4-5-13(9(2)3)6-10-7-14-8-11(10)12/h9-11H,4-8,12H2,1-3H3. The Morgan fingerprint density at radius 2 is 2.14 bits per heavy atom. The average Bonchev–Trinajstić information content (AvgIpc) is 2.51. The van der Waals surface area contributed by atoms with Gasteiger partial charge in [-0.15, -0.1) is 0 Å². The van der Waals surface area contributed by atoms with Gasteiger partial charge in [0.25, 0.3) is 0 Å². The Balaban J connectivity index is 2.37. The molecule has 84 valence electrons. The Bertz CT molecular complexity index is 161. The minimum atomic E-state index is 0.244. The molecule has 3 heteroatoms. The summed E-state index contributed by atoms with van der Waals surface area (Å²) in [4.78, 5) is 2.50. The normalized spacial score (nSPS) is 27.9. The fraction of sp³-hybridized carbons (Fsp3) is 1.00. The number of hydrogen-bond acceptors (Lipinski definition) is 3. The van der Waals surface area contributed by atoms with Crippen molar-refractivity contribution in [2.45, 2.75) is 39.3 Å². The Labute approximate surface area is 87.6 Å².